The summed E-state index contributed by atoms with van der Waals surface area (Å²) < 4.78 is 36.1. The smallest absolute Gasteiger partial charge is 0.339 e. The second-order valence-corrected chi connectivity index (χ2v) is 9.87. The van der Waals surface area contributed by atoms with Gasteiger partial charge in [-0.3, -0.25) is 9.59 Å². The lowest BCUT2D eigenvalue weighted by Crippen LogP contribution is -2.29. The number of carbonyl (C=O) groups is 2. The Bertz CT molecular complexity index is 1510. The average Bonchev–Trinajstić information content (AvgIpc) is 3.14. The van der Waals surface area contributed by atoms with Crippen molar-refractivity contribution in [3.8, 4) is 11.5 Å². The summed E-state index contributed by atoms with van der Waals surface area (Å²) in [6, 6.07) is 17.4. The van der Waals surface area contributed by atoms with E-state index in [1.807, 2.05) is 6.92 Å². The summed E-state index contributed by atoms with van der Waals surface area (Å²) in [5, 5.41) is 4.87. The molecule has 0 N–H and O–H groups in total. The number of ether oxygens (including phenoxy) is 1. The number of nitrogens with zero attached hydrogens (tertiary/aromatic N) is 2. The number of imide groups is 1. The van der Waals surface area contributed by atoms with E-state index in [9.17, 15) is 18.0 Å². The van der Waals surface area contributed by atoms with Crippen LogP contribution in [-0.4, -0.2) is 38.1 Å². The Morgan fingerprint density at radius 3 is 2.33 bits per heavy atom. The molecule has 1 aliphatic heterocycles. The maximum absolute atomic E-state index is 13.0. The number of benzene rings is 3. The molecule has 0 aliphatic carbocycles. The van der Waals surface area contributed by atoms with Gasteiger partial charge < -0.3 is 8.92 Å². The molecule has 3 aromatic rings. The highest BCUT2D eigenvalue weighted by molar-refractivity contribution is 7.87. The minimum Gasteiger partial charge on any atom is -0.493 e. The molecule has 0 unspecified atom stereocenters. The Labute approximate surface area is 213 Å². The summed E-state index contributed by atoms with van der Waals surface area (Å²) in [5.41, 5.74) is 2.15. The molecule has 0 fully saturated rings. The maximum atomic E-state index is 13.0. The van der Waals surface area contributed by atoms with Crippen LogP contribution in [0.5, 0.6) is 11.5 Å². The van der Waals surface area contributed by atoms with Crippen molar-refractivity contribution in [3.63, 3.8) is 0 Å². The fraction of sp³-hybridized carbons (Fsp3) is 0.115. The third-order valence-corrected chi connectivity index (χ3v) is 6.86. The quantitative estimate of drug-likeness (QED) is 0.259. The SMILES string of the molecule is COc1cc(/C=C2/C(=O)N(C(=O)c3ccccc3)N=C2C)cc(Cl)c1OS(=O)(=O)c1ccc(C)cc1. The first-order valence-corrected chi connectivity index (χ1v) is 12.5. The zero-order valence-corrected chi connectivity index (χ0v) is 21.1. The van der Waals surface area contributed by atoms with Crippen molar-refractivity contribution >= 4 is 45.3 Å². The molecule has 0 saturated carbocycles. The summed E-state index contributed by atoms with van der Waals surface area (Å²) in [5.74, 6) is -1.30. The normalized spacial score (nSPS) is 14.7. The first kappa shape index (κ1) is 25.2. The number of rotatable bonds is 6. The Kier molecular flexibility index (Phi) is 6.96. The van der Waals surface area contributed by atoms with Gasteiger partial charge in [0.2, 0.25) is 5.75 Å². The maximum Gasteiger partial charge on any atom is 0.339 e. The lowest BCUT2D eigenvalue weighted by atomic mass is 10.1. The van der Waals surface area contributed by atoms with Gasteiger partial charge in [-0.1, -0.05) is 47.5 Å². The van der Waals surface area contributed by atoms with Crippen molar-refractivity contribution in [2.24, 2.45) is 5.10 Å². The number of carbonyl (C=O) groups excluding carboxylic acids is 2. The molecule has 0 saturated heterocycles. The minimum absolute atomic E-state index is 0.0380. The van der Waals surface area contributed by atoms with Crippen molar-refractivity contribution in [1.29, 1.82) is 0 Å². The van der Waals surface area contributed by atoms with Gasteiger partial charge in [0.05, 0.1) is 23.4 Å². The molecular formula is C26H21ClN2O6S. The number of halogens is 1. The molecule has 8 nitrogen and oxygen atoms in total. The lowest BCUT2D eigenvalue weighted by molar-refractivity contribution is -0.123. The topological polar surface area (TPSA) is 102 Å². The van der Waals surface area contributed by atoms with Crippen LogP contribution >= 0.6 is 11.6 Å². The van der Waals surface area contributed by atoms with E-state index in [1.54, 1.807) is 49.4 Å². The predicted octanol–water partition coefficient (Wildman–Crippen LogP) is 4.87. The molecule has 36 heavy (non-hydrogen) atoms. The van der Waals surface area contributed by atoms with E-state index in [0.717, 1.165) is 10.6 Å². The lowest BCUT2D eigenvalue weighted by Gasteiger charge is -2.14. The monoisotopic (exact) mass is 524 g/mol. The number of hydrogen-bond acceptors (Lipinski definition) is 7. The van der Waals surface area contributed by atoms with E-state index in [2.05, 4.69) is 5.10 Å². The van der Waals surface area contributed by atoms with Crippen molar-refractivity contribution in [2.75, 3.05) is 7.11 Å². The molecule has 0 atom stereocenters. The molecular weight excluding hydrogens is 504 g/mol. The van der Waals surface area contributed by atoms with Crippen LogP contribution in [0.15, 0.2) is 82.3 Å². The molecule has 4 rings (SSSR count). The second kappa shape index (κ2) is 9.96. The van der Waals surface area contributed by atoms with E-state index in [-0.39, 0.29) is 27.0 Å². The largest absolute Gasteiger partial charge is 0.493 e. The Morgan fingerprint density at radius 2 is 1.69 bits per heavy atom. The first-order chi connectivity index (χ1) is 17.1. The predicted molar refractivity (Wildman–Crippen MR) is 136 cm³/mol. The Balaban J connectivity index is 1.64. The first-order valence-electron chi connectivity index (χ1n) is 10.7. The highest BCUT2D eigenvalue weighted by atomic mass is 35.5. The zero-order chi connectivity index (χ0) is 26.0. The van der Waals surface area contributed by atoms with Crippen molar-refractivity contribution < 1.29 is 26.9 Å². The van der Waals surface area contributed by atoms with Gasteiger partial charge in [0.1, 0.15) is 4.90 Å². The van der Waals surface area contributed by atoms with Crippen LogP contribution in [0.1, 0.15) is 28.4 Å². The second-order valence-electron chi connectivity index (χ2n) is 7.92. The van der Waals surface area contributed by atoms with E-state index in [1.165, 1.54) is 37.5 Å². The van der Waals surface area contributed by atoms with Gasteiger partial charge in [-0.15, -0.1) is 0 Å². The molecule has 0 radical (unpaired) electrons. The van der Waals surface area contributed by atoms with E-state index in [4.69, 9.17) is 20.5 Å². The van der Waals surface area contributed by atoms with Crippen LogP contribution in [0.25, 0.3) is 6.08 Å². The van der Waals surface area contributed by atoms with Crippen LogP contribution in [0.3, 0.4) is 0 Å². The number of hydrogen-bond donors (Lipinski definition) is 0. The number of amides is 2. The average molecular weight is 525 g/mol. The van der Waals surface area contributed by atoms with Gasteiger partial charge in [0.15, 0.2) is 5.75 Å². The third-order valence-electron chi connectivity index (χ3n) is 5.34. The standard InChI is InChI=1S/C26H21ClN2O6S/c1-16-9-11-20(12-10-16)36(32,33)35-24-22(27)14-18(15-23(24)34-3)13-21-17(2)28-29(26(21)31)25(30)19-7-5-4-6-8-19/h4-15H,1-3H3/b21-13+. The molecule has 0 bridgehead atoms. The summed E-state index contributed by atoms with van der Waals surface area (Å²) in [7, 11) is -2.84. The van der Waals surface area contributed by atoms with Crippen LogP contribution in [0, 0.1) is 6.92 Å². The molecule has 0 aromatic heterocycles. The van der Waals surface area contributed by atoms with Crippen molar-refractivity contribution in [2.45, 2.75) is 18.7 Å². The molecule has 10 heteroatoms. The molecule has 3 aromatic carbocycles. The van der Waals surface area contributed by atoms with Gasteiger partial charge in [-0.05, 0) is 61.9 Å². The molecule has 2 amide bonds. The van der Waals surface area contributed by atoms with Gasteiger partial charge in [0, 0.05) is 5.56 Å². The molecule has 184 valence electrons. The van der Waals surface area contributed by atoms with E-state index < -0.39 is 21.9 Å². The Hall–Kier alpha value is -3.95. The molecule has 1 heterocycles. The molecule has 1 aliphatic rings. The summed E-state index contributed by atoms with van der Waals surface area (Å²) in [6.45, 7) is 3.44. The van der Waals surface area contributed by atoms with Gasteiger partial charge in [-0.2, -0.15) is 18.5 Å². The number of methoxy groups -OCH3 is 1. The molecule has 0 spiro atoms. The summed E-state index contributed by atoms with van der Waals surface area (Å²) >= 11 is 6.37. The van der Waals surface area contributed by atoms with Crippen LogP contribution in [-0.2, 0) is 14.9 Å². The van der Waals surface area contributed by atoms with Crippen molar-refractivity contribution in [1.82, 2.24) is 5.01 Å². The number of aryl methyl sites for hydroxylation is 1. The minimum atomic E-state index is -4.18. The van der Waals surface area contributed by atoms with Crippen molar-refractivity contribution in [3.05, 3.63) is 94.0 Å². The summed E-state index contributed by atoms with van der Waals surface area (Å²) in [4.78, 5) is 25.7. The highest BCUT2D eigenvalue weighted by Gasteiger charge is 2.33. The van der Waals surface area contributed by atoms with Crippen LogP contribution < -0.4 is 8.92 Å². The van der Waals surface area contributed by atoms with Gasteiger partial charge in [-0.25, -0.2) is 0 Å². The Morgan fingerprint density at radius 1 is 1.03 bits per heavy atom. The zero-order valence-electron chi connectivity index (χ0n) is 19.6. The van der Waals surface area contributed by atoms with Gasteiger partial charge in [0.25, 0.3) is 11.8 Å². The fourth-order valence-corrected chi connectivity index (χ4v) is 4.72. The fourth-order valence-electron chi connectivity index (χ4n) is 3.46. The summed E-state index contributed by atoms with van der Waals surface area (Å²) in [6.07, 6.45) is 1.49. The number of hydrazone groups is 1. The van der Waals surface area contributed by atoms with E-state index in [0.29, 0.717) is 16.8 Å². The van der Waals surface area contributed by atoms with Crippen LogP contribution in [0.4, 0.5) is 0 Å². The van der Waals surface area contributed by atoms with Crippen LogP contribution in [0.2, 0.25) is 5.02 Å². The van der Waals surface area contributed by atoms with E-state index >= 15 is 0 Å². The van der Waals surface area contributed by atoms with Gasteiger partial charge >= 0.3 is 10.1 Å². The highest BCUT2D eigenvalue weighted by Crippen LogP contribution is 2.39. The third kappa shape index (κ3) is 5.02.